The van der Waals surface area contributed by atoms with Gasteiger partial charge in [-0.2, -0.15) is 0 Å². The number of anilines is 1. The lowest BCUT2D eigenvalue weighted by Gasteiger charge is -2.30. The van der Waals surface area contributed by atoms with Crippen LogP contribution in [0.2, 0.25) is 5.02 Å². The highest BCUT2D eigenvalue weighted by atomic mass is 35.5. The molecule has 1 aliphatic rings. The molecule has 1 N–H and O–H groups in total. The summed E-state index contributed by atoms with van der Waals surface area (Å²) < 4.78 is 0. The third-order valence-corrected chi connectivity index (χ3v) is 4.72. The van der Waals surface area contributed by atoms with Gasteiger partial charge in [0, 0.05) is 18.1 Å². The number of carbonyl (C=O) groups is 1. The number of nitrogens with zero attached hydrogens (tertiary/aromatic N) is 1. The molecule has 2 rings (SSSR count). The van der Waals surface area contributed by atoms with Crippen molar-refractivity contribution >= 4 is 23.3 Å². The van der Waals surface area contributed by atoms with Crippen LogP contribution in [0.5, 0.6) is 0 Å². The normalized spacial score (nSPS) is 20.2. The maximum absolute atomic E-state index is 11.4. The van der Waals surface area contributed by atoms with Crippen LogP contribution in [0, 0.1) is 11.3 Å². The van der Waals surface area contributed by atoms with Crippen molar-refractivity contribution in [2.24, 2.45) is 11.3 Å². The zero-order valence-corrected chi connectivity index (χ0v) is 13.8. The zero-order chi connectivity index (χ0) is 15.6. The second-order valence-electron chi connectivity index (χ2n) is 6.95. The lowest BCUT2D eigenvalue weighted by molar-refractivity contribution is 0.0697. The highest BCUT2D eigenvalue weighted by Gasteiger charge is 2.28. The van der Waals surface area contributed by atoms with E-state index in [1.165, 1.54) is 6.42 Å². The number of hydrogen-bond donors (Lipinski definition) is 1. The lowest BCUT2D eigenvalue weighted by Crippen LogP contribution is -2.27. The predicted molar refractivity (Wildman–Crippen MR) is 87.4 cm³/mol. The van der Waals surface area contributed by atoms with E-state index in [0.717, 1.165) is 31.6 Å². The number of hydrogen-bond acceptors (Lipinski definition) is 2. The SMILES string of the molecule is CC(C)(C)C1CCCN(c2ccc(Cl)cc2C(=O)O)CC1. The average molecular weight is 310 g/mol. The van der Waals surface area contributed by atoms with E-state index in [-0.39, 0.29) is 0 Å². The predicted octanol–water partition coefficient (Wildman–Crippen LogP) is 4.69. The summed E-state index contributed by atoms with van der Waals surface area (Å²) >= 11 is 5.93. The first-order chi connectivity index (χ1) is 9.79. The van der Waals surface area contributed by atoms with Crippen molar-refractivity contribution in [3.8, 4) is 0 Å². The summed E-state index contributed by atoms with van der Waals surface area (Å²) in [5.74, 6) is -0.229. The van der Waals surface area contributed by atoms with Crippen molar-refractivity contribution in [1.82, 2.24) is 0 Å². The minimum atomic E-state index is -0.913. The Hall–Kier alpha value is -1.22. The second kappa shape index (κ2) is 6.27. The Kier molecular flexibility index (Phi) is 4.82. The zero-order valence-electron chi connectivity index (χ0n) is 13.0. The maximum atomic E-state index is 11.4. The number of rotatable bonds is 2. The van der Waals surface area contributed by atoms with E-state index in [0.29, 0.717) is 21.9 Å². The number of benzene rings is 1. The Morgan fingerprint density at radius 1 is 1.29 bits per heavy atom. The van der Waals surface area contributed by atoms with E-state index in [4.69, 9.17) is 11.6 Å². The van der Waals surface area contributed by atoms with E-state index in [9.17, 15) is 9.90 Å². The molecule has 1 aliphatic heterocycles. The van der Waals surface area contributed by atoms with Crippen molar-refractivity contribution in [3.63, 3.8) is 0 Å². The van der Waals surface area contributed by atoms with Gasteiger partial charge in [-0.25, -0.2) is 4.79 Å². The average Bonchev–Trinajstić information content (AvgIpc) is 2.63. The molecule has 0 spiro atoms. The Bertz CT molecular complexity index is 522. The van der Waals surface area contributed by atoms with Crippen LogP contribution in [-0.2, 0) is 0 Å². The fraction of sp³-hybridized carbons (Fsp3) is 0.588. The smallest absolute Gasteiger partial charge is 0.337 e. The molecule has 1 aromatic rings. The molecule has 116 valence electrons. The number of halogens is 1. The van der Waals surface area contributed by atoms with Crippen LogP contribution in [0.4, 0.5) is 5.69 Å². The Labute approximate surface area is 131 Å². The molecule has 3 nitrogen and oxygen atoms in total. The van der Waals surface area contributed by atoms with Crippen LogP contribution in [0.15, 0.2) is 18.2 Å². The van der Waals surface area contributed by atoms with Gasteiger partial charge in [-0.1, -0.05) is 32.4 Å². The first-order valence-corrected chi connectivity index (χ1v) is 7.94. The molecular weight excluding hydrogens is 286 g/mol. The Balaban J connectivity index is 2.22. The molecule has 1 atom stereocenters. The van der Waals surface area contributed by atoms with Crippen molar-refractivity contribution in [1.29, 1.82) is 0 Å². The standard InChI is InChI=1S/C17H24ClNO2/c1-17(2,3)12-5-4-9-19(10-8-12)15-7-6-13(18)11-14(15)16(20)21/h6-7,11-12H,4-5,8-10H2,1-3H3,(H,20,21). The Morgan fingerprint density at radius 2 is 2.00 bits per heavy atom. The minimum absolute atomic E-state index is 0.303. The molecule has 0 radical (unpaired) electrons. The molecule has 1 unspecified atom stereocenters. The highest BCUT2D eigenvalue weighted by molar-refractivity contribution is 6.31. The largest absolute Gasteiger partial charge is 0.478 e. The van der Waals surface area contributed by atoms with Gasteiger partial charge in [-0.15, -0.1) is 0 Å². The number of carboxylic acids is 1. The molecule has 0 amide bonds. The van der Waals surface area contributed by atoms with Crippen LogP contribution in [0.1, 0.15) is 50.4 Å². The minimum Gasteiger partial charge on any atom is -0.478 e. The molecular formula is C17H24ClNO2. The molecule has 1 aromatic carbocycles. The van der Waals surface area contributed by atoms with E-state index < -0.39 is 5.97 Å². The van der Waals surface area contributed by atoms with Crippen molar-refractivity contribution in [3.05, 3.63) is 28.8 Å². The molecule has 0 aliphatic carbocycles. The number of carboxylic acid groups (broad SMARTS) is 1. The summed E-state index contributed by atoms with van der Waals surface area (Å²) in [7, 11) is 0. The van der Waals surface area contributed by atoms with Gasteiger partial charge in [0.15, 0.2) is 0 Å². The monoisotopic (exact) mass is 309 g/mol. The van der Waals surface area contributed by atoms with Crippen molar-refractivity contribution < 1.29 is 9.90 Å². The van der Waals surface area contributed by atoms with E-state index in [2.05, 4.69) is 25.7 Å². The van der Waals surface area contributed by atoms with Crippen LogP contribution in [-0.4, -0.2) is 24.2 Å². The van der Waals surface area contributed by atoms with Gasteiger partial charge in [0.05, 0.1) is 11.3 Å². The van der Waals surface area contributed by atoms with Crippen LogP contribution in [0.25, 0.3) is 0 Å². The quantitative estimate of drug-likeness (QED) is 0.861. The summed E-state index contributed by atoms with van der Waals surface area (Å²) in [5.41, 5.74) is 1.41. The Morgan fingerprint density at radius 3 is 2.62 bits per heavy atom. The second-order valence-corrected chi connectivity index (χ2v) is 7.38. The van der Waals surface area contributed by atoms with Gasteiger partial charge in [0.2, 0.25) is 0 Å². The molecule has 0 saturated carbocycles. The third-order valence-electron chi connectivity index (χ3n) is 4.48. The van der Waals surface area contributed by atoms with Gasteiger partial charge in [0.25, 0.3) is 0 Å². The van der Waals surface area contributed by atoms with E-state index in [1.54, 1.807) is 12.1 Å². The van der Waals surface area contributed by atoms with Gasteiger partial charge in [0.1, 0.15) is 0 Å². The van der Waals surface area contributed by atoms with Crippen LogP contribution < -0.4 is 4.90 Å². The summed E-state index contributed by atoms with van der Waals surface area (Å²) in [6, 6.07) is 5.16. The van der Waals surface area contributed by atoms with Crippen LogP contribution in [0.3, 0.4) is 0 Å². The fourth-order valence-corrected chi connectivity index (χ4v) is 3.33. The lowest BCUT2D eigenvalue weighted by atomic mass is 9.77. The van der Waals surface area contributed by atoms with E-state index >= 15 is 0 Å². The fourth-order valence-electron chi connectivity index (χ4n) is 3.16. The third kappa shape index (κ3) is 3.91. The van der Waals surface area contributed by atoms with Gasteiger partial charge < -0.3 is 10.0 Å². The summed E-state index contributed by atoms with van der Waals surface area (Å²) in [4.78, 5) is 13.6. The maximum Gasteiger partial charge on any atom is 0.337 e. The molecule has 1 heterocycles. The summed E-state index contributed by atoms with van der Waals surface area (Å²) in [5, 5.41) is 9.86. The molecule has 0 aromatic heterocycles. The summed E-state index contributed by atoms with van der Waals surface area (Å²) in [6.07, 6.45) is 3.41. The molecule has 0 bridgehead atoms. The molecule has 4 heteroatoms. The molecule has 1 fully saturated rings. The van der Waals surface area contributed by atoms with Gasteiger partial charge in [-0.05, 0) is 48.8 Å². The number of aromatic carboxylic acids is 1. The summed E-state index contributed by atoms with van der Waals surface area (Å²) in [6.45, 7) is 8.69. The van der Waals surface area contributed by atoms with Gasteiger partial charge >= 0.3 is 5.97 Å². The molecule has 21 heavy (non-hydrogen) atoms. The first kappa shape index (κ1) is 16.2. The topological polar surface area (TPSA) is 40.5 Å². The molecule has 1 saturated heterocycles. The van der Waals surface area contributed by atoms with Crippen molar-refractivity contribution in [2.45, 2.75) is 40.0 Å². The van der Waals surface area contributed by atoms with E-state index in [1.807, 2.05) is 6.07 Å². The first-order valence-electron chi connectivity index (χ1n) is 7.57. The van der Waals surface area contributed by atoms with Crippen molar-refractivity contribution in [2.75, 3.05) is 18.0 Å². The highest BCUT2D eigenvalue weighted by Crippen LogP contribution is 2.36. The van der Waals surface area contributed by atoms with Gasteiger partial charge in [-0.3, -0.25) is 0 Å². The van der Waals surface area contributed by atoms with Crippen LogP contribution >= 0.6 is 11.6 Å².